The zero-order valence-electron chi connectivity index (χ0n) is 19.8. The van der Waals surface area contributed by atoms with Gasteiger partial charge < -0.3 is 19.9 Å². The van der Waals surface area contributed by atoms with Crippen LogP contribution in [0.15, 0.2) is 53.5 Å². The fraction of sp³-hybridized carbons (Fsp3) is 0.440. The number of hydrogen-bond acceptors (Lipinski definition) is 4. The van der Waals surface area contributed by atoms with Gasteiger partial charge >= 0.3 is 0 Å². The van der Waals surface area contributed by atoms with Crippen molar-refractivity contribution < 1.29 is 4.74 Å². The van der Waals surface area contributed by atoms with Crippen molar-refractivity contribution in [2.24, 2.45) is 4.99 Å². The van der Waals surface area contributed by atoms with Gasteiger partial charge in [-0.3, -0.25) is 9.89 Å². The Bertz CT molecular complexity index is 1040. The molecule has 1 unspecified atom stereocenters. The number of guanidine groups is 1. The summed E-state index contributed by atoms with van der Waals surface area (Å²) >= 11 is 0. The number of aliphatic imine (C=N–C) groups is 1. The van der Waals surface area contributed by atoms with Gasteiger partial charge in [0.15, 0.2) is 5.96 Å². The number of nitrogens with zero attached hydrogens (tertiary/aromatic N) is 4. The standard InChI is InChI=1S/C25H34N6O.HI/c1-19-29-22-8-4-5-9-23(22)31(19)17-14-27-25(26-2)28-18-24(30-15-6-7-16-30)20-10-12-21(32-3)13-11-20;/h4-5,8-13,24H,6-7,14-18H2,1-3H3,(H2,26,27,28);1H. The molecule has 1 fully saturated rings. The minimum atomic E-state index is 0. The number of rotatable bonds is 8. The Morgan fingerprint density at radius 2 is 1.82 bits per heavy atom. The summed E-state index contributed by atoms with van der Waals surface area (Å²) in [6, 6.07) is 17.0. The molecular weight excluding hydrogens is 527 g/mol. The summed E-state index contributed by atoms with van der Waals surface area (Å²) < 4.78 is 7.59. The number of imidazole rings is 1. The highest BCUT2D eigenvalue weighted by molar-refractivity contribution is 14.0. The van der Waals surface area contributed by atoms with Gasteiger partial charge in [-0.25, -0.2) is 4.98 Å². The van der Waals surface area contributed by atoms with Crippen LogP contribution in [-0.4, -0.2) is 60.7 Å². The van der Waals surface area contributed by atoms with E-state index in [1.165, 1.54) is 23.9 Å². The summed E-state index contributed by atoms with van der Waals surface area (Å²) in [5, 5.41) is 7.01. The number of aromatic nitrogens is 2. The zero-order valence-corrected chi connectivity index (χ0v) is 22.1. The van der Waals surface area contributed by atoms with E-state index in [9.17, 15) is 0 Å². The second-order valence-corrected chi connectivity index (χ2v) is 8.21. The van der Waals surface area contributed by atoms with E-state index in [1.807, 2.05) is 25.2 Å². The predicted molar refractivity (Wildman–Crippen MR) is 146 cm³/mol. The van der Waals surface area contributed by atoms with Gasteiger partial charge in [0.05, 0.1) is 24.2 Å². The Morgan fingerprint density at radius 1 is 1.09 bits per heavy atom. The molecule has 0 saturated carbocycles. The molecule has 0 bridgehead atoms. The zero-order chi connectivity index (χ0) is 22.3. The number of benzene rings is 2. The van der Waals surface area contributed by atoms with Gasteiger partial charge in [0.25, 0.3) is 0 Å². The van der Waals surface area contributed by atoms with Crippen LogP contribution in [0, 0.1) is 6.92 Å². The van der Waals surface area contributed by atoms with Gasteiger partial charge in [-0.15, -0.1) is 24.0 Å². The number of likely N-dealkylation sites (tertiary alicyclic amines) is 1. The number of para-hydroxylation sites is 2. The molecule has 2 N–H and O–H groups in total. The average Bonchev–Trinajstić information content (AvgIpc) is 3.46. The van der Waals surface area contributed by atoms with Crippen molar-refractivity contribution in [1.82, 2.24) is 25.1 Å². The molecule has 1 aliphatic heterocycles. The van der Waals surface area contributed by atoms with Gasteiger partial charge in [-0.1, -0.05) is 24.3 Å². The van der Waals surface area contributed by atoms with E-state index in [-0.39, 0.29) is 24.0 Å². The molecule has 1 aromatic heterocycles. The summed E-state index contributed by atoms with van der Waals surface area (Å²) in [5.41, 5.74) is 3.51. The second-order valence-electron chi connectivity index (χ2n) is 8.21. The van der Waals surface area contributed by atoms with E-state index in [1.54, 1.807) is 7.11 Å². The molecule has 7 nitrogen and oxygen atoms in total. The van der Waals surface area contributed by atoms with Crippen LogP contribution in [0.1, 0.15) is 30.3 Å². The Morgan fingerprint density at radius 3 is 2.52 bits per heavy atom. The maximum atomic E-state index is 5.34. The Kier molecular flexibility index (Phi) is 9.37. The van der Waals surface area contributed by atoms with Gasteiger partial charge in [-0.2, -0.15) is 0 Å². The van der Waals surface area contributed by atoms with Crippen molar-refractivity contribution in [1.29, 1.82) is 0 Å². The number of fused-ring (bicyclic) bond motifs is 1. The lowest BCUT2D eigenvalue weighted by Gasteiger charge is -2.29. The van der Waals surface area contributed by atoms with E-state index in [2.05, 4.69) is 67.3 Å². The minimum absolute atomic E-state index is 0. The van der Waals surface area contributed by atoms with Crippen molar-refractivity contribution >= 4 is 41.0 Å². The molecule has 2 aromatic carbocycles. The summed E-state index contributed by atoms with van der Waals surface area (Å²) in [4.78, 5) is 11.7. The van der Waals surface area contributed by atoms with Gasteiger partial charge in [0.2, 0.25) is 0 Å². The van der Waals surface area contributed by atoms with Crippen molar-refractivity contribution in [2.75, 3.05) is 40.3 Å². The lowest BCUT2D eigenvalue weighted by atomic mass is 10.1. The number of ether oxygens (including phenoxy) is 1. The molecule has 178 valence electrons. The largest absolute Gasteiger partial charge is 0.497 e. The topological polar surface area (TPSA) is 66.7 Å². The van der Waals surface area contributed by atoms with Crippen molar-refractivity contribution in [2.45, 2.75) is 32.4 Å². The number of hydrogen-bond donors (Lipinski definition) is 2. The number of nitrogens with one attached hydrogen (secondary N) is 2. The first kappa shape index (κ1) is 25.3. The van der Waals surface area contributed by atoms with Gasteiger partial charge in [0.1, 0.15) is 11.6 Å². The molecule has 1 saturated heterocycles. The van der Waals surface area contributed by atoms with Crippen LogP contribution >= 0.6 is 24.0 Å². The maximum Gasteiger partial charge on any atom is 0.191 e. The third-order valence-electron chi connectivity index (χ3n) is 6.24. The van der Waals surface area contributed by atoms with Crippen LogP contribution in [0.25, 0.3) is 11.0 Å². The third-order valence-corrected chi connectivity index (χ3v) is 6.24. The first-order valence-electron chi connectivity index (χ1n) is 11.4. The van der Waals surface area contributed by atoms with Crippen LogP contribution in [0.2, 0.25) is 0 Å². The molecule has 8 heteroatoms. The summed E-state index contributed by atoms with van der Waals surface area (Å²) in [6.45, 7) is 6.75. The Hall–Kier alpha value is -2.33. The number of halogens is 1. The molecule has 1 aliphatic rings. The molecule has 3 aromatic rings. The Labute approximate surface area is 213 Å². The van der Waals surface area contributed by atoms with Crippen LogP contribution in [-0.2, 0) is 6.54 Å². The molecule has 33 heavy (non-hydrogen) atoms. The lowest BCUT2D eigenvalue weighted by Crippen LogP contribution is -2.43. The molecule has 0 amide bonds. The molecule has 1 atom stereocenters. The van der Waals surface area contributed by atoms with Crippen LogP contribution in [0.5, 0.6) is 5.75 Å². The van der Waals surface area contributed by atoms with E-state index >= 15 is 0 Å². The quantitative estimate of drug-likeness (QED) is 0.247. The first-order valence-corrected chi connectivity index (χ1v) is 11.4. The lowest BCUT2D eigenvalue weighted by molar-refractivity contribution is 0.245. The molecule has 0 aliphatic carbocycles. The fourth-order valence-corrected chi connectivity index (χ4v) is 4.52. The van der Waals surface area contributed by atoms with E-state index in [0.29, 0.717) is 6.04 Å². The van der Waals surface area contributed by atoms with E-state index in [4.69, 9.17) is 4.74 Å². The summed E-state index contributed by atoms with van der Waals surface area (Å²) in [6.07, 6.45) is 2.52. The van der Waals surface area contributed by atoms with Crippen LogP contribution in [0.4, 0.5) is 0 Å². The third kappa shape index (κ3) is 6.17. The molecule has 2 heterocycles. The maximum absolute atomic E-state index is 5.34. The number of aryl methyl sites for hydroxylation is 1. The van der Waals surface area contributed by atoms with Crippen molar-refractivity contribution in [3.63, 3.8) is 0 Å². The molecule has 4 rings (SSSR count). The van der Waals surface area contributed by atoms with Crippen molar-refractivity contribution in [3.05, 3.63) is 59.9 Å². The SMILES string of the molecule is CN=C(NCCn1c(C)nc2ccccc21)NCC(c1ccc(OC)cc1)N1CCCC1.I. The van der Waals surface area contributed by atoms with E-state index < -0.39 is 0 Å². The van der Waals surface area contributed by atoms with Crippen LogP contribution in [0.3, 0.4) is 0 Å². The highest BCUT2D eigenvalue weighted by Gasteiger charge is 2.23. The fourth-order valence-electron chi connectivity index (χ4n) is 4.52. The average molecular weight is 563 g/mol. The summed E-state index contributed by atoms with van der Waals surface area (Å²) in [7, 11) is 3.53. The van der Waals surface area contributed by atoms with Crippen molar-refractivity contribution in [3.8, 4) is 5.75 Å². The molecular formula is C25H35IN6O. The smallest absolute Gasteiger partial charge is 0.191 e. The molecule has 0 radical (unpaired) electrons. The summed E-state index contributed by atoms with van der Waals surface area (Å²) in [5.74, 6) is 2.75. The second kappa shape index (κ2) is 12.2. The number of methoxy groups -OCH3 is 1. The minimum Gasteiger partial charge on any atom is -0.497 e. The Balaban J connectivity index is 0.00000306. The highest BCUT2D eigenvalue weighted by Crippen LogP contribution is 2.26. The normalized spacial score (nSPS) is 15.3. The first-order chi connectivity index (χ1) is 15.7. The van der Waals surface area contributed by atoms with Crippen LogP contribution < -0.4 is 15.4 Å². The van der Waals surface area contributed by atoms with E-state index in [0.717, 1.165) is 55.8 Å². The van der Waals surface area contributed by atoms with Gasteiger partial charge in [-0.05, 0) is 62.7 Å². The predicted octanol–water partition coefficient (Wildman–Crippen LogP) is 3.97. The molecule has 0 spiro atoms. The van der Waals surface area contributed by atoms with Gasteiger partial charge in [0, 0.05) is 26.7 Å². The highest BCUT2D eigenvalue weighted by atomic mass is 127. The monoisotopic (exact) mass is 562 g/mol.